The number of Topliss-reactive ketones (excluding diaryl/α,β-unsaturated/α-hetero) is 1. The van der Waals surface area contributed by atoms with Crippen molar-refractivity contribution in [3.8, 4) is 6.07 Å². The molecule has 0 fully saturated rings. The largest absolute Gasteiger partial charge is 0.352 e. The van der Waals surface area contributed by atoms with Gasteiger partial charge < -0.3 is 10.6 Å². The minimum Gasteiger partial charge on any atom is -0.352 e. The van der Waals surface area contributed by atoms with Crippen LogP contribution in [0.2, 0.25) is 0 Å². The fourth-order valence-electron chi connectivity index (χ4n) is 4.68. The van der Waals surface area contributed by atoms with Gasteiger partial charge in [0, 0.05) is 35.5 Å². The molecule has 2 aromatic rings. The second kappa shape index (κ2) is 9.99. The average molecular weight is 503 g/mol. The molecule has 0 bridgehead atoms. The number of carbonyl (C=O) groups is 2. The predicted molar refractivity (Wildman–Crippen MR) is 139 cm³/mol. The zero-order valence-electron chi connectivity index (χ0n) is 20.3. The highest BCUT2D eigenvalue weighted by molar-refractivity contribution is 8.03. The van der Waals surface area contributed by atoms with E-state index in [0.717, 1.165) is 5.56 Å². The number of thioether (sulfide) groups is 1. The quantitative estimate of drug-likeness (QED) is 0.403. The van der Waals surface area contributed by atoms with Gasteiger partial charge in [-0.3, -0.25) is 19.7 Å². The van der Waals surface area contributed by atoms with E-state index in [9.17, 15) is 25.0 Å². The highest BCUT2D eigenvalue weighted by atomic mass is 32.2. The first-order valence-corrected chi connectivity index (χ1v) is 12.5. The number of nitro groups is 1. The number of nitriles is 1. The van der Waals surface area contributed by atoms with Gasteiger partial charge in [-0.05, 0) is 36.0 Å². The van der Waals surface area contributed by atoms with Crippen LogP contribution in [-0.4, -0.2) is 22.4 Å². The van der Waals surface area contributed by atoms with Crippen molar-refractivity contribution < 1.29 is 14.5 Å². The Bertz CT molecular complexity index is 1370. The summed E-state index contributed by atoms with van der Waals surface area (Å²) in [5.74, 6) is -1.01. The second-order valence-electron chi connectivity index (χ2n) is 9.75. The molecule has 184 valence electrons. The van der Waals surface area contributed by atoms with Gasteiger partial charge >= 0.3 is 0 Å². The van der Waals surface area contributed by atoms with Gasteiger partial charge in [0.15, 0.2) is 5.78 Å². The Labute approximate surface area is 213 Å². The van der Waals surface area contributed by atoms with Crippen LogP contribution in [0.5, 0.6) is 0 Å². The molecule has 9 heteroatoms. The van der Waals surface area contributed by atoms with Crippen molar-refractivity contribution in [3.05, 3.63) is 91.6 Å². The Morgan fingerprint density at radius 1 is 1.25 bits per heavy atom. The second-order valence-corrected chi connectivity index (χ2v) is 10.7. The number of allylic oxidation sites excluding steroid dienone is 3. The van der Waals surface area contributed by atoms with Crippen LogP contribution in [0.1, 0.15) is 43.7 Å². The Balaban J connectivity index is 1.70. The molecule has 1 aliphatic carbocycles. The van der Waals surface area contributed by atoms with E-state index in [0.29, 0.717) is 40.4 Å². The van der Waals surface area contributed by atoms with Gasteiger partial charge in [0.25, 0.3) is 5.69 Å². The number of non-ortho nitro benzene ring substituents is 1. The van der Waals surface area contributed by atoms with Crippen LogP contribution < -0.4 is 10.6 Å². The summed E-state index contributed by atoms with van der Waals surface area (Å²) in [7, 11) is 0. The fourth-order valence-corrected chi connectivity index (χ4v) is 5.54. The molecule has 1 amide bonds. The van der Waals surface area contributed by atoms with Gasteiger partial charge in [-0.15, -0.1) is 0 Å². The van der Waals surface area contributed by atoms with Crippen LogP contribution in [0.3, 0.4) is 0 Å². The first-order valence-electron chi connectivity index (χ1n) is 11.5. The molecule has 0 radical (unpaired) electrons. The molecule has 0 saturated carbocycles. The third kappa shape index (κ3) is 5.19. The Morgan fingerprint density at radius 2 is 2.00 bits per heavy atom. The van der Waals surface area contributed by atoms with Crippen molar-refractivity contribution >= 4 is 34.8 Å². The lowest BCUT2D eigenvalue weighted by Crippen LogP contribution is -2.37. The number of carbonyl (C=O) groups excluding carboxylic acids is 2. The Kier molecular flexibility index (Phi) is 7.00. The van der Waals surface area contributed by atoms with Crippen LogP contribution in [-0.2, 0) is 9.59 Å². The summed E-state index contributed by atoms with van der Waals surface area (Å²) < 4.78 is 0. The maximum absolute atomic E-state index is 13.3. The van der Waals surface area contributed by atoms with E-state index >= 15 is 0 Å². The molecule has 0 unspecified atom stereocenters. The van der Waals surface area contributed by atoms with Gasteiger partial charge in [-0.2, -0.15) is 5.26 Å². The Morgan fingerprint density at radius 3 is 2.69 bits per heavy atom. The molecule has 1 heterocycles. The van der Waals surface area contributed by atoms with E-state index in [1.54, 1.807) is 12.1 Å². The zero-order chi connectivity index (χ0) is 26.0. The lowest BCUT2D eigenvalue weighted by molar-refractivity contribution is -0.384. The van der Waals surface area contributed by atoms with Crippen molar-refractivity contribution in [2.24, 2.45) is 5.41 Å². The lowest BCUT2D eigenvalue weighted by atomic mass is 9.69. The molecule has 2 aromatic carbocycles. The molecule has 0 spiro atoms. The number of ketones is 1. The number of para-hydroxylation sites is 1. The first kappa shape index (κ1) is 25.2. The number of dihydropyridines is 1. The molecule has 8 nitrogen and oxygen atoms in total. The number of aryl methyl sites for hydroxylation is 1. The summed E-state index contributed by atoms with van der Waals surface area (Å²) in [5.41, 5.74) is 3.22. The van der Waals surface area contributed by atoms with E-state index in [4.69, 9.17) is 0 Å². The van der Waals surface area contributed by atoms with Gasteiger partial charge in [-0.1, -0.05) is 55.9 Å². The molecule has 2 aliphatic rings. The predicted octanol–water partition coefficient (Wildman–Crippen LogP) is 5.34. The summed E-state index contributed by atoms with van der Waals surface area (Å²) in [4.78, 5) is 36.9. The summed E-state index contributed by atoms with van der Waals surface area (Å²) in [6.07, 6.45) is 0.899. The third-order valence-electron chi connectivity index (χ3n) is 6.31. The van der Waals surface area contributed by atoms with Crippen molar-refractivity contribution in [3.63, 3.8) is 0 Å². The average Bonchev–Trinajstić information content (AvgIpc) is 2.82. The summed E-state index contributed by atoms with van der Waals surface area (Å²) in [5, 5.41) is 28.2. The number of nitrogens with zero attached hydrogens (tertiary/aromatic N) is 2. The van der Waals surface area contributed by atoms with Crippen LogP contribution in [0, 0.1) is 33.8 Å². The lowest BCUT2D eigenvalue weighted by Gasteiger charge is -2.39. The van der Waals surface area contributed by atoms with E-state index in [1.807, 2.05) is 45.0 Å². The van der Waals surface area contributed by atoms with Gasteiger partial charge in [0.2, 0.25) is 5.91 Å². The van der Waals surface area contributed by atoms with Crippen LogP contribution in [0.4, 0.5) is 11.4 Å². The van der Waals surface area contributed by atoms with Crippen LogP contribution >= 0.6 is 11.8 Å². The summed E-state index contributed by atoms with van der Waals surface area (Å²) >= 11 is 1.18. The van der Waals surface area contributed by atoms with Gasteiger partial charge in [0.1, 0.15) is 0 Å². The minimum atomic E-state index is -0.739. The number of hydrogen-bond donors (Lipinski definition) is 2. The highest BCUT2D eigenvalue weighted by Gasteiger charge is 2.42. The number of nitrogens with one attached hydrogen (secondary N) is 2. The van der Waals surface area contributed by atoms with E-state index < -0.39 is 10.8 Å². The molecule has 0 aromatic heterocycles. The van der Waals surface area contributed by atoms with Crippen molar-refractivity contribution in [1.29, 1.82) is 5.26 Å². The molecular formula is C27H26N4O4S. The maximum Gasteiger partial charge on any atom is 0.269 e. The van der Waals surface area contributed by atoms with Crippen molar-refractivity contribution in [1.82, 2.24) is 5.32 Å². The van der Waals surface area contributed by atoms with Gasteiger partial charge in [0.05, 0.1) is 33.3 Å². The number of rotatable bonds is 6. The fraction of sp³-hybridized carbons (Fsp3) is 0.296. The molecule has 1 aliphatic heterocycles. The van der Waals surface area contributed by atoms with Crippen LogP contribution in [0.15, 0.2) is 70.4 Å². The number of benzene rings is 2. The zero-order valence-corrected chi connectivity index (χ0v) is 21.1. The maximum atomic E-state index is 13.3. The minimum absolute atomic E-state index is 0.0451. The third-order valence-corrected chi connectivity index (χ3v) is 7.33. The Hall–Kier alpha value is -3.90. The van der Waals surface area contributed by atoms with E-state index in [1.165, 1.54) is 23.9 Å². The van der Waals surface area contributed by atoms with Gasteiger partial charge in [-0.25, -0.2) is 0 Å². The number of hydrogen-bond acceptors (Lipinski definition) is 7. The molecule has 1 atom stereocenters. The van der Waals surface area contributed by atoms with E-state index in [2.05, 4.69) is 16.7 Å². The van der Waals surface area contributed by atoms with Crippen molar-refractivity contribution in [2.75, 3.05) is 11.1 Å². The normalized spacial score (nSPS) is 18.7. The number of nitro benzene ring substituents is 1. The van der Waals surface area contributed by atoms with Crippen molar-refractivity contribution in [2.45, 2.75) is 39.5 Å². The molecule has 0 saturated heterocycles. The van der Waals surface area contributed by atoms with E-state index in [-0.39, 0.29) is 34.1 Å². The number of anilines is 1. The first-order chi connectivity index (χ1) is 17.1. The molecular weight excluding hydrogens is 476 g/mol. The monoisotopic (exact) mass is 502 g/mol. The standard InChI is InChI=1S/C27H26N4O4S/c1-16-7-4-5-10-20(16)29-23(33)15-36-26-19(14-28)24(17-8-6-9-18(11-17)31(34)35)25-21(30-26)12-27(2,3)13-22(25)32/h4-11,24,30H,12-13,15H2,1-3H3,(H,29,33)/t24-/m0/s1. The summed E-state index contributed by atoms with van der Waals surface area (Å²) in [6, 6.07) is 15.7. The highest BCUT2D eigenvalue weighted by Crippen LogP contribution is 2.48. The topological polar surface area (TPSA) is 125 Å². The van der Waals surface area contributed by atoms with Crippen LogP contribution in [0.25, 0.3) is 0 Å². The smallest absolute Gasteiger partial charge is 0.269 e. The SMILES string of the molecule is Cc1ccccc1NC(=O)CSC1=C(C#N)[C@H](c2cccc([N+](=O)[O-])c2)C2=C(CC(C)(C)CC2=O)N1. The molecule has 36 heavy (non-hydrogen) atoms. The summed E-state index contributed by atoms with van der Waals surface area (Å²) in [6.45, 7) is 5.91. The molecule has 2 N–H and O–H groups in total. The number of amides is 1. The molecule has 4 rings (SSSR count).